The van der Waals surface area contributed by atoms with Crippen LogP contribution in [0.3, 0.4) is 0 Å². The third-order valence-corrected chi connectivity index (χ3v) is 4.65. The summed E-state index contributed by atoms with van der Waals surface area (Å²) in [4.78, 5) is 20.0. The molecule has 0 saturated carbocycles. The molecule has 6 heteroatoms. The Labute approximate surface area is 168 Å². The molecule has 0 aliphatic heterocycles. The Hall–Kier alpha value is -4.11. The van der Waals surface area contributed by atoms with E-state index < -0.39 is 0 Å². The van der Waals surface area contributed by atoms with Gasteiger partial charge in [-0.05, 0) is 48.4 Å². The van der Waals surface area contributed by atoms with Gasteiger partial charge in [-0.1, -0.05) is 24.3 Å². The molecule has 4 aromatic rings. The van der Waals surface area contributed by atoms with Gasteiger partial charge in [0.2, 0.25) is 0 Å². The minimum atomic E-state index is -0.266. The molecule has 0 atom stereocenters. The molecule has 2 aromatic carbocycles. The fourth-order valence-corrected chi connectivity index (χ4v) is 3.17. The molecule has 0 saturated heterocycles. The van der Waals surface area contributed by atoms with Crippen LogP contribution >= 0.6 is 0 Å². The smallest absolute Gasteiger partial charge is 0.257 e. The van der Waals surface area contributed by atoms with E-state index in [1.165, 1.54) is 17.1 Å². The molecule has 0 fully saturated rings. The lowest BCUT2D eigenvalue weighted by Gasteiger charge is -2.08. The zero-order valence-corrected chi connectivity index (χ0v) is 15.6. The maximum absolute atomic E-state index is 12.4. The Bertz CT molecular complexity index is 1190. The molecular weight excluding hydrogens is 362 g/mol. The number of rotatable bonds is 6. The molecule has 1 amide bonds. The van der Waals surface area contributed by atoms with Crippen molar-refractivity contribution in [3.63, 3.8) is 0 Å². The van der Waals surface area contributed by atoms with E-state index in [1.807, 2.05) is 18.3 Å². The second kappa shape index (κ2) is 8.28. The van der Waals surface area contributed by atoms with Crippen LogP contribution in [0.5, 0.6) is 0 Å². The molecule has 0 spiro atoms. The molecule has 0 aliphatic rings. The molecular formula is C23H19N5O. The van der Waals surface area contributed by atoms with Gasteiger partial charge in [-0.15, -0.1) is 0 Å². The van der Waals surface area contributed by atoms with E-state index in [1.54, 1.807) is 36.4 Å². The monoisotopic (exact) mass is 381 g/mol. The predicted octanol–water partition coefficient (Wildman–Crippen LogP) is 4.34. The van der Waals surface area contributed by atoms with Crippen molar-refractivity contribution in [2.75, 3.05) is 17.2 Å². The van der Waals surface area contributed by atoms with Gasteiger partial charge in [-0.2, -0.15) is 5.26 Å². The number of benzene rings is 2. The molecule has 142 valence electrons. The third kappa shape index (κ3) is 4.25. The van der Waals surface area contributed by atoms with E-state index in [9.17, 15) is 4.79 Å². The number of nitriles is 1. The summed E-state index contributed by atoms with van der Waals surface area (Å²) in [6, 6.07) is 20.6. The molecule has 0 aliphatic carbocycles. The van der Waals surface area contributed by atoms with Gasteiger partial charge >= 0.3 is 0 Å². The lowest BCUT2D eigenvalue weighted by atomic mass is 10.1. The lowest BCUT2D eigenvalue weighted by molar-refractivity contribution is 0.102. The number of hydrogen-bond acceptors (Lipinski definition) is 4. The second-order valence-corrected chi connectivity index (χ2v) is 6.62. The number of nitrogens with one attached hydrogen (secondary N) is 3. The van der Waals surface area contributed by atoms with Crippen molar-refractivity contribution in [1.82, 2.24) is 9.97 Å². The van der Waals surface area contributed by atoms with E-state index in [-0.39, 0.29) is 5.91 Å². The highest BCUT2D eigenvalue weighted by Gasteiger charge is 2.08. The third-order valence-electron chi connectivity index (χ3n) is 4.65. The normalized spacial score (nSPS) is 10.4. The molecule has 0 bridgehead atoms. The molecule has 2 heterocycles. The van der Waals surface area contributed by atoms with Crippen LogP contribution in [0, 0.1) is 11.3 Å². The summed E-state index contributed by atoms with van der Waals surface area (Å²) >= 11 is 0. The van der Waals surface area contributed by atoms with Crippen LogP contribution in [0.2, 0.25) is 0 Å². The van der Waals surface area contributed by atoms with Crippen LogP contribution in [0.15, 0.2) is 73.1 Å². The number of nitrogens with zero attached hydrogens (tertiary/aromatic N) is 2. The second-order valence-electron chi connectivity index (χ2n) is 6.62. The average molecular weight is 381 g/mol. The highest BCUT2D eigenvalue weighted by molar-refractivity contribution is 6.04. The van der Waals surface area contributed by atoms with Crippen LogP contribution in [0.4, 0.5) is 11.5 Å². The summed E-state index contributed by atoms with van der Waals surface area (Å²) < 4.78 is 0. The standard InChI is InChI=1S/C23H19N5O/c24-13-16-4-3-5-19(12-16)28-23(29)18-8-9-22(27-15-18)25-11-10-17-14-26-21-7-2-1-6-20(17)21/h1-9,12,14-15,26H,10-11H2,(H,25,27)(H,28,29). The summed E-state index contributed by atoms with van der Waals surface area (Å²) in [5.41, 5.74) is 3.92. The number of pyridine rings is 1. The van der Waals surface area contributed by atoms with Crippen LogP contribution in [-0.4, -0.2) is 22.4 Å². The van der Waals surface area contributed by atoms with Crippen molar-refractivity contribution in [3.05, 3.63) is 89.7 Å². The Balaban J connectivity index is 1.34. The Morgan fingerprint density at radius 2 is 2.00 bits per heavy atom. The Kier molecular flexibility index (Phi) is 5.21. The van der Waals surface area contributed by atoms with Crippen molar-refractivity contribution in [3.8, 4) is 6.07 Å². The Morgan fingerprint density at radius 1 is 1.10 bits per heavy atom. The number of fused-ring (bicyclic) bond motifs is 1. The fraction of sp³-hybridized carbons (Fsp3) is 0.0870. The SMILES string of the molecule is N#Cc1cccc(NC(=O)c2ccc(NCCc3c[nH]c4ccccc34)nc2)c1. The summed E-state index contributed by atoms with van der Waals surface area (Å²) in [5.74, 6) is 0.450. The molecule has 6 nitrogen and oxygen atoms in total. The number of carbonyl (C=O) groups is 1. The van der Waals surface area contributed by atoms with E-state index in [0.717, 1.165) is 18.5 Å². The van der Waals surface area contributed by atoms with Crippen molar-refractivity contribution >= 4 is 28.3 Å². The number of anilines is 2. The van der Waals surface area contributed by atoms with Crippen molar-refractivity contribution in [2.24, 2.45) is 0 Å². The van der Waals surface area contributed by atoms with E-state index in [4.69, 9.17) is 5.26 Å². The quantitative estimate of drug-likeness (QED) is 0.463. The number of hydrogen-bond donors (Lipinski definition) is 3. The van der Waals surface area contributed by atoms with Crippen molar-refractivity contribution in [1.29, 1.82) is 5.26 Å². The number of H-pyrrole nitrogens is 1. The van der Waals surface area contributed by atoms with Gasteiger partial charge in [-0.3, -0.25) is 4.79 Å². The number of aromatic nitrogens is 2. The summed E-state index contributed by atoms with van der Waals surface area (Å²) in [6.45, 7) is 0.737. The molecule has 2 aromatic heterocycles. The molecule has 3 N–H and O–H groups in total. The molecule has 0 radical (unpaired) electrons. The number of amides is 1. The maximum atomic E-state index is 12.4. The van der Waals surface area contributed by atoms with Gasteiger partial charge in [0.25, 0.3) is 5.91 Å². The molecule has 29 heavy (non-hydrogen) atoms. The first-order valence-corrected chi connectivity index (χ1v) is 9.29. The Morgan fingerprint density at radius 3 is 2.83 bits per heavy atom. The van der Waals surface area contributed by atoms with E-state index in [2.05, 4.69) is 38.8 Å². The van der Waals surface area contributed by atoms with Gasteiger partial charge in [0.15, 0.2) is 0 Å². The minimum absolute atomic E-state index is 0.266. The van der Waals surface area contributed by atoms with Crippen LogP contribution in [0.25, 0.3) is 10.9 Å². The molecule has 4 rings (SSSR count). The largest absolute Gasteiger partial charge is 0.370 e. The predicted molar refractivity (Wildman–Crippen MR) is 114 cm³/mol. The van der Waals surface area contributed by atoms with Crippen LogP contribution < -0.4 is 10.6 Å². The zero-order valence-electron chi connectivity index (χ0n) is 15.6. The van der Waals surface area contributed by atoms with Crippen LogP contribution in [-0.2, 0) is 6.42 Å². The first-order chi connectivity index (χ1) is 14.2. The lowest BCUT2D eigenvalue weighted by Crippen LogP contribution is -2.13. The van der Waals surface area contributed by atoms with Gasteiger partial charge in [-0.25, -0.2) is 4.98 Å². The average Bonchev–Trinajstić information content (AvgIpc) is 3.17. The summed E-state index contributed by atoms with van der Waals surface area (Å²) in [6.07, 6.45) is 4.44. The highest BCUT2D eigenvalue weighted by Crippen LogP contribution is 2.18. The fourth-order valence-electron chi connectivity index (χ4n) is 3.17. The minimum Gasteiger partial charge on any atom is -0.370 e. The van der Waals surface area contributed by atoms with Crippen LogP contribution in [0.1, 0.15) is 21.5 Å². The van der Waals surface area contributed by atoms with Crippen molar-refractivity contribution in [2.45, 2.75) is 6.42 Å². The number of aromatic amines is 1. The summed E-state index contributed by atoms with van der Waals surface area (Å²) in [7, 11) is 0. The molecule has 0 unspecified atom stereocenters. The highest BCUT2D eigenvalue weighted by atomic mass is 16.1. The first-order valence-electron chi connectivity index (χ1n) is 9.29. The number of para-hydroxylation sites is 1. The van der Waals surface area contributed by atoms with Gasteiger partial charge in [0, 0.05) is 35.5 Å². The number of carbonyl (C=O) groups excluding carboxylic acids is 1. The topological polar surface area (TPSA) is 93.6 Å². The van der Waals surface area contributed by atoms with Gasteiger partial charge in [0.05, 0.1) is 17.2 Å². The maximum Gasteiger partial charge on any atom is 0.257 e. The van der Waals surface area contributed by atoms with E-state index in [0.29, 0.717) is 22.6 Å². The van der Waals surface area contributed by atoms with E-state index >= 15 is 0 Å². The summed E-state index contributed by atoms with van der Waals surface area (Å²) in [5, 5.41) is 16.2. The van der Waals surface area contributed by atoms with Crippen molar-refractivity contribution < 1.29 is 4.79 Å². The van der Waals surface area contributed by atoms with Gasteiger partial charge < -0.3 is 15.6 Å². The first kappa shape index (κ1) is 18.3. The van der Waals surface area contributed by atoms with Gasteiger partial charge in [0.1, 0.15) is 5.82 Å². The zero-order chi connectivity index (χ0) is 20.1.